The van der Waals surface area contributed by atoms with E-state index < -0.39 is 12.8 Å². The van der Waals surface area contributed by atoms with Crippen LogP contribution >= 0.6 is 0 Å². The maximum absolute atomic E-state index is 13.5. The zero-order valence-electron chi connectivity index (χ0n) is 20.6. The van der Waals surface area contributed by atoms with Gasteiger partial charge in [-0.15, -0.1) is 0 Å². The second-order valence-electron chi connectivity index (χ2n) is 9.08. The number of unbranched alkanes of at least 4 members (excludes halogenated alkanes) is 7. The van der Waals surface area contributed by atoms with Crippen molar-refractivity contribution in [3.63, 3.8) is 0 Å². The van der Waals surface area contributed by atoms with Crippen molar-refractivity contribution >= 4 is 0 Å². The van der Waals surface area contributed by atoms with E-state index in [2.05, 4.69) is 0 Å². The molecule has 0 saturated heterocycles. The number of aromatic nitrogens is 2. The molecule has 3 aromatic rings. The smallest absolute Gasteiger partial charge is 0.367 e. The summed E-state index contributed by atoms with van der Waals surface area (Å²) in [6, 6.07) is 15.3. The summed E-state index contributed by atoms with van der Waals surface area (Å²) >= 11 is 0. The van der Waals surface area contributed by atoms with E-state index in [0.717, 1.165) is 49.2 Å². The quantitative estimate of drug-likeness (QED) is 0.173. The molecule has 0 fully saturated rings. The monoisotopic (exact) mass is 505 g/mol. The molecule has 0 amide bonds. The Kier molecular flexibility index (Phi) is 10.9. The van der Waals surface area contributed by atoms with Gasteiger partial charge in [0.05, 0.1) is 23.7 Å². The van der Waals surface area contributed by atoms with Crippen LogP contribution < -0.4 is 5.73 Å². The lowest BCUT2D eigenvalue weighted by atomic mass is 10.1. The molecule has 0 aliphatic carbocycles. The van der Waals surface area contributed by atoms with Gasteiger partial charge in [0.2, 0.25) is 0 Å². The van der Waals surface area contributed by atoms with Crippen molar-refractivity contribution in [2.45, 2.75) is 70.6 Å². The number of hydrogen-bond acceptors (Lipinski definition) is 3. The predicted octanol–water partition coefficient (Wildman–Crippen LogP) is 7.38. The van der Waals surface area contributed by atoms with E-state index in [4.69, 9.17) is 15.6 Å². The van der Waals surface area contributed by atoms with Gasteiger partial charge in [-0.2, -0.15) is 18.3 Å². The summed E-state index contributed by atoms with van der Waals surface area (Å²) in [6.07, 6.45) is 5.81. The van der Waals surface area contributed by atoms with Crippen LogP contribution in [0, 0.1) is 5.82 Å². The molecule has 0 unspecified atom stereocenters. The standard InChI is InChI=1S/C28H35F4N3O/c29-24-13-15-26(16-14-24)35-27(23-11-9-10-22(18-23)20-36-21-28(30,31)32)19-25(34-35)12-7-5-3-1-2-4-6-8-17-33/h9-11,13-16,18-19H,1-8,12,17,20-21,33H2. The highest BCUT2D eigenvalue weighted by Crippen LogP contribution is 2.27. The van der Waals surface area contributed by atoms with Crippen LogP contribution in [-0.2, 0) is 17.8 Å². The highest BCUT2D eigenvalue weighted by atomic mass is 19.4. The fourth-order valence-electron chi connectivity index (χ4n) is 4.15. The Balaban J connectivity index is 1.67. The van der Waals surface area contributed by atoms with E-state index in [-0.39, 0.29) is 12.4 Å². The molecule has 3 rings (SSSR count). The molecule has 0 aliphatic rings. The fraction of sp³-hybridized carbons (Fsp3) is 0.464. The van der Waals surface area contributed by atoms with E-state index in [1.165, 1.54) is 44.2 Å². The van der Waals surface area contributed by atoms with Crippen molar-refractivity contribution in [3.8, 4) is 16.9 Å². The molecule has 2 aromatic carbocycles. The number of nitrogens with zero attached hydrogens (tertiary/aromatic N) is 2. The second kappa shape index (κ2) is 14.1. The molecule has 0 atom stereocenters. The zero-order chi connectivity index (χ0) is 25.8. The normalized spacial score (nSPS) is 11.8. The summed E-state index contributed by atoms with van der Waals surface area (Å²) in [4.78, 5) is 0. The van der Waals surface area contributed by atoms with Gasteiger partial charge in [-0.1, -0.05) is 56.7 Å². The number of alkyl halides is 3. The van der Waals surface area contributed by atoms with Crippen LogP contribution in [0.25, 0.3) is 16.9 Å². The average molecular weight is 506 g/mol. The summed E-state index contributed by atoms with van der Waals surface area (Å²) in [6.45, 7) is -0.664. The molecule has 0 spiro atoms. The van der Waals surface area contributed by atoms with E-state index in [0.29, 0.717) is 11.3 Å². The minimum atomic E-state index is -4.36. The summed E-state index contributed by atoms with van der Waals surface area (Å²) in [5, 5.41) is 4.78. The molecule has 36 heavy (non-hydrogen) atoms. The van der Waals surface area contributed by atoms with Crippen LogP contribution in [0.3, 0.4) is 0 Å². The van der Waals surface area contributed by atoms with Gasteiger partial charge in [-0.05, 0) is 67.8 Å². The molecule has 0 bridgehead atoms. The van der Waals surface area contributed by atoms with Gasteiger partial charge in [-0.25, -0.2) is 9.07 Å². The van der Waals surface area contributed by atoms with Gasteiger partial charge >= 0.3 is 6.18 Å². The number of nitrogens with two attached hydrogens (primary N) is 1. The Morgan fingerprint density at radius 1 is 0.833 bits per heavy atom. The van der Waals surface area contributed by atoms with E-state index in [1.54, 1.807) is 28.9 Å². The first-order chi connectivity index (χ1) is 17.4. The first-order valence-corrected chi connectivity index (χ1v) is 12.6. The van der Waals surface area contributed by atoms with Crippen LogP contribution in [-0.4, -0.2) is 29.1 Å². The molecule has 1 heterocycles. The number of benzene rings is 2. The van der Waals surface area contributed by atoms with Crippen molar-refractivity contribution in [1.29, 1.82) is 0 Å². The zero-order valence-corrected chi connectivity index (χ0v) is 20.6. The largest absolute Gasteiger partial charge is 0.411 e. The first kappa shape index (κ1) is 27.9. The Morgan fingerprint density at radius 3 is 2.17 bits per heavy atom. The van der Waals surface area contributed by atoms with Gasteiger partial charge < -0.3 is 10.5 Å². The Morgan fingerprint density at radius 2 is 1.50 bits per heavy atom. The molecule has 8 heteroatoms. The van der Waals surface area contributed by atoms with Gasteiger partial charge in [0.25, 0.3) is 0 Å². The van der Waals surface area contributed by atoms with Crippen LogP contribution in [0.15, 0.2) is 54.6 Å². The van der Waals surface area contributed by atoms with Crippen LogP contribution in [0.5, 0.6) is 0 Å². The molecular formula is C28H35F4N3O. The summed E-state index contributed by atoms with van der Waals surface area (Å²) < 4.78 is 57.4. The lowest BCUT2D eigenvalue weighted by Gasteiger charge is -2.10. The highest BCUT2D eigenvalue weighted by molar-refractivity contribution is 5.63. The number of rotatable bonds is 15. The molecule has 0 radical (unpaired) electrons. The third kappa shape index (κ3) is 9.39. The van der Waals surface area contributed by atoms with Gasteiger partial charge in [0.1, 0.15) is 12.4 Å². The number of halogens is 4. The lowest BCUT2D eigenvalue weighted by molar-refractivity contribution is -0.176. The first-order valence-electron chi connectivity index (χ1n) is 12.6. The van der Waals surface area contributed by atoms with Crippen LogP contribution in [0.4, 0.5) is 17.6 Å². The predicted molar refractivity (Wildman–Crippen MR) is 134 cm³/mol. The van der Waals surface area contributed by atoms with Crippen molar-refractivity contribution < 1.29 is 22.3 Å². The van der Waals surface area contributed by atoms with Crippen molar-refractivity contribution in [1.82, 2.24) is 9.78 Å². The van der Waals surface area contributed by atoms with Crippen molar-refractivity contribution in [2.24, 2.45) is 5.73 Å². The Bertz CT molecular complexity index is 1050. The van der Waals surface area contributed by atoms with Gasteiger partial charge in [-0.3, -0.25) is 0 Å². The molecule has 4 nitrogen and oxygen atoms in total. The molecule has 196 valence electrons. The minimum Gasteiger partial charge on any atom is -0.367 e. The molecule has 1 aromatic heterocycles. The molecular weight excluding hydrogens is 470 g/mol. The maximum atomic E-state index is 13.5. The van der Waals surface area contributed by atoms with Crippen LogP contribution in [0.2, 0.25) is 0 Å². The maximum Gasteiger partial charge on any atom is 0.411 e. The van der Waals surface area contributed by atoms with Crippen molar-refractivity contribution in [2.75, 3.05) is 13.2 Å². The average Bonchev–Trinajstić information content (AvgIpc) is 3.27. The molecule has 0 saturated carbocycles. The SMILES string of the molecule is NCCCCCCCCCCc1cc(-c2cccc(COCC(F)(F)F)c2)n(-c2ccc(F)cc2)n1. The molecule has 2 N–H and O–H groups in total. The van der Waals surface area contributed by atoms with Gasteiger partial charge in [0, 0.05) is 5.56 Å². The third-order valence-corrected chi connectivity index (χ3v) is 5.98. The third-order valence-electron chi connectivity index (χ3n) is 5.98. The summed E-state index contributed by atoms with van der Waals surface area (Å²) in [5.74, 6) is -0.334. The Labute approximate surface area is 210 Å². The fourth-order valence-corrected chi connectivity index (χ4v) is 4.15. The minimum absolute atomic E-state index is 0.142. The number of ether oxygens (including phenoxy) is 1. The van der Waals surface area contributed by atoms with Crippen molar-refractivity contribution in [3.05, 3.63) is 71.7 Å². The second-order valence-corrected chi connectivity index (χ2v) is 9.08. The summed E-state index contributed by atoms with van der Waals surface area (Å²) in [5.41, 5.74) is 9.42. The highest BCUT2D eigenvalue weighted by Gasteiger charge is 2.27. The Hall–Kier alpha value is -2.71. The van der Waals surface area contributed by atoms with E-state index in [1.807, 2.05) is 18.2 Å². The van der Waals surface area contributed by atoms with Crippen LogP contribution in [0.1, 0.15) is 62.6 Å². The molecule has 0 aliphatic heterocycles. The van der Waals surface area contributed by atoms with Gasteiger partial charge in [0.15, 0.2) is 0 Å². The number of hydrogen-bond donors (Lipinski definition) is 1. The van der Waals surface area contributed by atoms with E-state index in [9.17, 15) is 17.6 Å². The number of aryl methyl sites for hydroxylation is 1. The topological polar surface area (TPSA) is 53.1 Å². The van der Waals surface area contributed by atoms with E-state index >= 15 is 0 Å². The summed E-state index contributed by atoms with van der Waals surface area (Å²) in [7, 11) is 0. The lowest BCUT2D eigenvalue weighted by Crippen LogP contribution is -2.16.